The van der Waals surface area contributed by atoms with Crippen molar-refractivity contribution in [2.45, 2.75) is 0 Å². The first-order valence-electron chi connectivity index (χ1n) is 22.3. The zero-order valence-electron chi connectivity index (χ0n) is 35.0. The molecule has 0 N–H and O–H groups in total. The highest BCUT2D eigenvalue weighted by Crippen LogP contribution is 2.43. The van der Waals surface area contributed by atoms with Gasteiger partial charge < -0.3 is 9.13 Å². The number of nitrogens with zero attached hydrogens (tertiary/aromatic N) is 3. The minimum absolute atomic E-state index is 0.0261. The lowest BCUT2D eigenvalue weighted by atomic mass is 9.91. The molecule has 0 saturated carbocycles. The van der Waals surface area contributed by atoms with Crippen molar-refractivity contribution in [3.05, 3.63) is 223 Å². The third-order valence-electron chi connectivity index (χ3n) is 14.3. The number of rotatable bonds is 3. The second kappa shape index (κ2) is 12.7. The molecule has 11 aromatic carbocycles. The molecule has 65 heavy (non-hydrogen) atoms. The van der Waals surface area contributed by atoms with E-state index in [1.54, 1.807) is 0 Å². The second-order valence-electron chi connectivity index (χ2n) is 17.6. The van der Waals surface area contributed by atoms with Gasteiger partial charge in [-0.2, -0.15) is 0 Å². The molecule has 0 atom stereocenters. The number of hydrogen-bond acceptors (Lipinski definition) is 1. The van der Waals surface area contributed by atoms with E-state index in [2.05, 4.69) is 203 Å². The van der Waals surface area contributed by atoms with Crippen LogP contribution in [0, 0.1) is 0 Å². The minimum atomic E-state index is 0.0261. The average molecular weight is 826 g/mol. The molecule has 0 aliphatic carbocycles. The fourth-order valence-electron chi connectivity index (χ4n) is 11.5. The number of benzene rings is 11. The van der Waals surface area contributed by atoms with Crippen LogP contribution in [0.1, 0.15) is 0 Å². The zero-order valence-corrected chi connectivity index (χ0v) is 35.0. The predicted octanol–water partition coefficient (Wildman–Crippen LogP) is 15.5. The summed E-state index contributed by atoms with van der Waals surface area (Å²) in [4.78, 5) is 14.1. The Kier molecular flexibility index (Phi) is 6.79. The Morgan fingerprint density at radius 3 is 1.38 bits per heavy atom. The summed E-state index contributed by atoms with van der Waals surface area (Å²) in [6.07, 6.45) is 0. The van der Waals surface area contributed by atoms with Gasteiger partial charge in [-0.15, -0.1) is 0 Å². The Labute approximate surface area is 371 Å². The standard InChI is InChI=1S/C61H35N3O/c65-61-49-20-7-6-17-42(49)47-21-12-22-48-52-32-37(26-30-57(52)64(61)60(47)48)36-25-28-43-40-15-4-5-16-41(40)44-29-27-39(33-51(44)50(43)31-36)63-56-24-11-9-19-46(56)54-34-53-45-18-8-10-23-55(45)62(58(53)35-59(54)63)38-13-2-1-3-14-38/h1-35H. The van der Waals surface area contributed by atoms with Gasteiger partial charge in [0.05, 0.1) is 33.1 Å². The molecule has 300 valence electrons. The van der Waals surface area contributed by atoms with Crippen molar-refractivity contribution in [2.75, 3.05) is 0 Å². The number of hydrogen-bond donors (Lipinski definition) is 0. The molecule has 4 aromatic heterocycles. The first-order valence-corrected chi connectivity index (χ1v) is 22.3. The third-order valence-corrected chi connectivity index (χ3v) is 14.3. The van der Waals surface area contributed by atoms with Crippen LogP contribution in [0.15, 0.2) is 217 Å². The van der Waals surface area contributed by atoms with Crippen molar-refractivity contribution in [1.29, 1.82) is 0 Å². The van der Waals surface area contributed by atoms with Gasteiger partial charge in [0.25, 0.3) is 5.56 Å². The largest absolute Gasteiger partial charge is 0.309 e. The van der Waals surface area contributed by atoms with Crippen LogP contribution in [0.4, 0.5) is 0 Å². The summed E-state index contributed by atoms with van der Waals surface area (Å²) < 4.78 is 6.80. The van der Waals surface area contributed by atoms with E-state index in [4.69, 9.17) is 0 Å². The van der Waals surface area contributed by atoms with E-state index < -0.39 is 0 Å². The van der Waals surface area contributed by atoms with Gasteiger partial charge in [0.1, 0.15) is 0 Å². The molecule has 0 aliphatic rings. The number of pyridine rings is 1. The molecule has 15 rings (SSSR count). The fourth-order valence-corrected chi connectivity index (χ4v) is 11.5. The summed E-state index contributed by atoms with van der Waals surface area (Å²) in [5, 5.41) is 17.3. The van der Waals surface area contributed by atoms with Gasteiger partial charge in [0, 0.05) is 54.5 Å². The Hall–Kier alpha value is -8.73. The first kappa shape index (κ1) is 34.8. The molecule has 0 unspecified atom stereocenters. The highest BCUT2D eigenvalue weighted by molar-refractivity contribution is 6.27. The van der Waals surface area contributed by atoms with E-state index >= 15 is 0 Å². The zero-order chi connectivity index (χ0) is 42.5. The maximum atomic E-state index is 14.1. The van der Waals surface area contributed by atoms with Crippen molar-refractivity contribution in [2.24, 2.45) is 0 Å². The molecular formula is C61H35N3O. The molecule has 0 aliphatic heterocycles. The molecule has 0 saturated heterocycles. The lowest BCUT2D eigenvalue weighted by Crippen LogP contribution is -2.12. The highest BCUT2D eigenvalue weighted by atomic mass is 16.1. The van der Waals surface area contributed by atoms with Crippen LogP contribution in [0.5, 0.6) is 0 Å². The van der Waals surface area contributed by atoms with Crippen molar-refractivity contribution in [3.8, 4) is 22.5 Å². The molecule has 15 aromatic rings. The maximum absolute atomic E-state index is 14.1. The van der Waals surface area contributed by atoms with Gasteiger partial charge in [-0.05, 0) is 122 Å². The number of aromatic nitrogens is 3. The summed E-state index contributed by atoms with van der Waals surface area (Å²) in [7, 11) is 0. The third kappa shape index (κ3) is 4.62. The lowest BCUT2D eigenvalue weighted by Gasteiger charge is -2.15. The second-order valence-corrected chi connectivity index (χ2v) is 17.6. The Morgan fingerprint density at radius 2 is 0.708 bits per heavy atom. The van der Waals surface area contributed by atoms with Crippen molar-refractivity contribution in [3.63, 3.8) is 0 Å². The van der Waals surface area contributed by atoms with E-state index in [1.165, 1.54) is 75.9 Å². The number of fused-ring (bicyclic) bond motifs is 17. The maximum Gasteiger partial charge on any atom is 0.263 e. The molecule has 0 radical (unpaired) electrons. The molecule has 0 amide bonds. The highest BCUT2D eigenvalue weighted by Gasteiger charge is 2.21. The number of para-hydroxylation sites is 4. The van der Waals surface area contributed by atoms with Crippen molar-refractivity contribution in [1.82, 2.24) is 13.5 Å². The summed E-state index contributed by atoms with van der Waals surface area (Å²) in [6.45, 7) is 0. The Morgan fingerprint density at radius 1 is 0.246 bits per heavy atom. The van der Waals surface area contributed by atoms with Gasteiger partial charge in [-0.3, -0.25) is 9.20 Å². The van der Waals surface area contributed by atoms with Crippen molar-refractivity contribution < 1.29 is 0 Å². The Balaban J connectivity index is 0.991. The topological polar surface area (TPSA) is 31.3 Å². The van der Waals surface area contributed by atoms with Crippen LogP contribution in [0.25, 0.3) is 136 Å². The monoisotopic (exact) mass is 825 g/mol. The van der Waals surface area contributed by atoms with Crippen LogP contribution in [-0.2, 0) is 0 Å². The van der Waals surface area contributed by atoms with Crippen LogP contribution in [0.3, 0.4) is 0 Å². The summed E-state index contributed by atoms with van der Waals surface area (Å²) in [6, 6.07) is 76.9. The van der Waals surface area contributed by atoms with Crippen LogP contribution < -0.4 is 5.56 Å². The van der Waals surface area contributed by atoms with E-state index in [-0.39, 0.29) is 5.56 Å². The molecule has 4 heteroatoms. The van der Waals surface area contributed by atoms with Gasteiger partial charge in [0.2, 0.25) is 0 Å². The van der Waals surface area contributed by atoms with Gasteiger partial charge in [-0.1, -0.05) is 140 Å². The lowest BCUT2D eigenvalue weighted by molar-refractivity contribution is 1.17. The molecular weight excluding hydrogens is 791 g/mol. The van der Waals surface area contributed by atoms with Gasteiger partial charge in [0.15, 0.2) is 0 Å². The van der Waals surface area contributed by atoms with E-state index in [0.717, 1.165) is 60.5 Å². The normalized spacial score (nSPS) is 12.4. The molecule has 0 fully saturated rings. The Bertz CT molecular complexity index is 4610. The van der Waals surface area contributed by atoms with E-state index in [9.17, 15) is 4.79 Å². The average Bonchev–Trinajstić information content (AvgIpc) is 4.00. The van der Waals surface area contributed by atoms with Crippen LogP contribution in [-0.4, -0.2) is 13.5 Å². The minimum Gasteiger partial charge on any atom is -0.309 e. The van der Waals surface area contributed by atoms with Crippen molar-refractivity contribution >= 4 is 114 Å². The molecule has 4 nitrogen and oxygen atoms in total. The molecule has 0 bridgehead atoms. The van der Waals surface area contributed by atoms with E-state index in [1.807, 2.05) is 22.6 Å². The fraction of sp³-hybridized carbons (Fsp3) is 0. The van der Waals surface area contributed by atoms with Crippen LogP contribution >= 0.6 is 0 Å². The smallest absolute Gasteiger partial charge is 0.263 e. The van der Waals surface area contributed by atoms with Gasteiger partial charge in [-0.25, -0.2) is 0 Å². The van der Waals surface area contributed by atoms with Gasteiger partial charge >= 0.3 is 0 Å². The summed E-state index contributed by atoms with van der Waals surface area (Å²) in [5.74, 6) is 0. The summed E-state index contributed by atoms with van der Waals surface area (Å²) >= 11 is 0. The molecule has 0 spiro atoms. The van der Waals surface area contributed by atoms with E-state index in [0.29, 0.717) is 0 Å². The van der Waals surface area contributed by atoms with Crippen LogP contribution in [0.2, 0.25) is 0 Å². The predicted molar refractivity (Wildman–Crippen MR) is 274 cm³/mol. The first-order chi connectivity index (χ1) is 32.2. The SMILES string of the molecule is O=c1c2ccccc2c2cccc3c4cc(-c5ccc6c7ccccc7c7ccc(-n8c9ccccc9c9cc%10c%11ccccc%11n(-c%11ccccc%11)c%10cc98)cc7c6c5)ccc4n1c23. The molecule has 4 heterocycles. The summed E-state index contributed by atoms with van der Waals surface area (Å²) in [5.41, 5.74) is 11.2. The quantitative estimate of drug-likeness (QED) is 0.163.